The maximum absolute atomic E-state index is 13.0. The van der Waals surface area contributed by atoms with Crippen LogP contribution in [0.2, 0.25) is 0 Å². The predicted molar refractivity (Wildman–Crippen MR) is 61.2 cm³/mol. The normalized spacial score (nSPS) is 12.3. The van der Waals surface area contributed by atoms with Gasteiger partial charge in [-0.25, -0.2) is 9.31 Å². The van der Waals surface area contributed by atoms with Crippen LogP contribution in [0.1, 0.15) is 41.5 Å². The molecule has 0 aliphatic rings. The van der Waals surface area contributed by atoms with Crippen LogP contribution in [0.5, 0.6) is 0 Å². The molecule has 7 heteroatoms. The number of alkyl halides is 3. The fraction of sp³-hybridized carbons (Fsp3) is 0.333. The fourth-order valence-electron chi connectivity index (χ4n) is 1.76. The highest BCUT2D eigenvalue weighted by Gasteiger charge is 2.35. The van der Waals surface area contributed by atoms with E-state index < -0.39 is 23.5 Å². The molecular formula is C12H11F3N2O2. The van der Waals surface area contributed by atoms with Gasteiger partial charge in [0.1, 0.15) is 5.69 Å². The Morgan fingerprint density at radius 1 is 1.32 bits per heavy atom. The van der Waals surface area contributed by atoms with Gasteiger partial charge in [0.05, 0.1) is 5.52 Å². The number of carboxylic acids is 1. The molecule has 2 aromatic rings. The second-order valence-corrected chi connectivity index (χ2v) is 4.50. The zero-order valence-electron chi connectivity index (χ0n) is 10.2. The summed E-state index contributed by atoms with van der Waals surface area (Å²) in [4.78, 5) is 10.8. The first kappa shape index (κ1) is 13.4. The quantitative estimate of drug-likeness (QED) is 0.913. The molecule has 2 aromatic heterocycles. The number of aromatic carboxylic acids is 1. The molecule has 0 aliphatic carbocycles. The fourth-order valence-corrected chi connectivity index (χ4v) is 1.76. The largest absolute Gasteiger partial charge is 0.476 e. The third-order valence-electron chi connectivity index (χ3n) is 2.76. The number of aromatic nitrogens is 2. The summed E-state index contributed by atoms with van der Waals surface area (Å²) in [7, 11) is 0. The molecule has 0 amide bonds. The highest BCUT2D eigenvalue weighted by Crippen LogP contribution is 2.32. The molecule has 2 heterocycles. The molecule has 0 bridgehead atoms. The van der Waals surface area contributed by atoms with Gasteiger partial charge in [-0.1, -0.05) is 13.8 Å². The molecule has 0 saturated heterocycles. The predicted octanol–water partition coefficient (Wildman–Crippen LogP) is 3.17. The summed E-state index contributed by atoms with van der Waals surface area (Å²) >= 11 is 0. The van der Waals surface area contributed by atoms with Crippen molar-refractivity contribution in [3.05, 3.63) is 35.2 Å². The average Bonchev–Trinajstić information content (AvgIpc) is 2.69. The third kappa shape index (κ3) is 2.40. The molecule has 0 aliphatic heterocycles. The van der Waals surface area contributed by atoms with Gasteiger partial charge in [0.2, 0.25) is 0 Å². The van der Waals surface area contributed by atoms with Crippen LogP contribution in [0.15, 0.2) is 18.2 Å². The van der Waals surface area contributed by atoms with E-state index in [1.807, 2.05) is 0 Å². The number of pyridine rings is 1. The summed E-state index contributed by atoms with van der Waals surface area (Å²) in [6.07, 6.45) is -4.59. The molecule has 0 fully saturated rings. The van der Waals surface area contributed by atoms with Crippen molar-refractivity contribution in [2.75, 3.05) is 0 Å². The summed E-state index contributed by atoms with van der Waals surface area (Å²) < 4.78 is 39.5. The van der Waals surface area contributed by atoms with Gasteiger partial charge in [-0.05, 0) is 29.7 Å². The summed E-state index contributed by atoms with van der Waals surface area (Å²) in [5.74, 6) is -1.46. The number of nitrogens with zero attached hydrogens (tertiary/aromatic N) is 2. The molecule has 4 nitrogen and oxygen atoms in total. The topological polar surface area (TPSA) is 54.6 Å². The van der Waals surface area contributed by atoms with Crippen LogP contribution in [-0.4, -0.2) is 20.7 Å². The number of carbonyl (C=O) groups is 1. The van der Waals surface area contributed by atoms with Gasteiger partial charge in [-0.15, -0.1) is 0 Å². The number of fused-ring (bicyclic) bond motifs is 1. The average molecular weight is 272 g/mol. The number of rotatable bonds is 2. The summed E-state index contributed by atoms with van der Waals surface area (Å²) in [5, 5.41) is 12.3. The van der Waals surface area contributed by atoms with Crippen molar-refractivity contribution < 1.29 is 23.1 Å². The lowest BCUT2D eigenvalue weighted by atomic mass is 10.0. The zero-order chi connectivity index (χ0) is 14.4. The monoisotopic (exact) mass is 272 g/mol. The maximum Gasteiger partial charge on any atom is 0.433 e. The van der Waals surface area contributed by atoms with Crippen LogP contribution in [0.4, 0.5) is 13.2 Å². The van der Waals surface area contributed by atoms with Crippen molar-refractivity contribution >= 4 is 11.5 Å². The molecule has 0 saturated carbocycles. The summed E-state index contributed by atoms with van der Waals surface area (Å²) in [6.45, 7) is 3.53. The molecule has 19 heavy (non-hydrogen) atoms. The van der Waals surface area contributed by atoms with Crippen molar-refractivity contribution in [2.45, 2.75) is 25.9 Å². The van der Waals surface area contributed by atoms with E-state index in [9.17, 15) is 18.0 Å². The van der Waals surface area contributed by atoms with Crippen molar-refractivity contribution in [3.8, 4) is 0 Å². The molecule has 102 valence electrons. The molecular weight excluding hydrogens is 261 g/mol. The van der Waals surface area contributed by atoms with Crippen LogP contribution in [-0.2, 0) is 6.18 Å². The molecule has 0 spiro atoms. The highest BCUT2D eigenvalue weighted by molar-refractivity contribution is 5.87. The molecule has 0 atom stereocenters. The van der Waals surface area contributed by atoms with Crippen LogP contribution < -0.4 is 0 Å². The molecule has 0 aromatic carbocycles. The minimum atomic E-state index is -4.59. The number of hydrogen-bond donors (Lipinski definition) is 1. The lowest BCUT2D eigenvalue weighted by Crippen LogP contribution is -2.14. The Hall–Kier alpha value is -2.05. The summed E-state index contributed by atoms with van der Waals surface area (Å²) in [5.41, 5.74) is -0.778. The Kier molecular flexibility index (Phi) is 3.00. The van der Waals surface area contributed by atoms with E-state index in [0.29, 0.717) is 10.1 Å². The van der Waals surface area contributed by atoms with Crippen LogP contribution >= 0.6 is 0 Å². The SMILES string of the molecule is CC(C)c1cc(C(F)(F)F)n2nc(C(=O)O)cc2c1. The molecule has 2 rings (SSSR count). The van der Waals surface area contributed by atoms with E-state index >= 15 is 0 Å². The van der Waals surface area contributed by atoms with Crippen LogP contribution in [0, 0.1) is 0 Å². The number of carboxylic acid groups (broad SMARTS) is 1. The van der Waals surface area contributed by atoms with Gasteiger partial charge in [-0.2, -0.15) is 18.3 Å². The standard InChI is InChI=1S/C12H11F3N2O2/c1-6(2)7-3-8-5-9(11(18)19)16-17(8)10(4-7)12(13,14)15/h3-6H,1-2H3,(H,18,19). The van der Waals surface area contributed by atoms with E-state index in [1.54, 1.807) is 13.8 Å². The third-order valence-corrected chi connectivity index (χ3v) is 2.76. The van der Waals surface area contributed by atoms with E-state index in [1.165, 1.54) is 6.07 Å². The minimum absolute atomic E-state index is 0.103. The first-order valence-electron chi connectivity index (χ1n) is 5.54. The van der Waals surface area contributed by atoms with Crippen LogP contribution in [0.25, 0.3) is 5.52 Å². The molecule has 0 radical (unpaired) electrons. The molecule has 1 N–H and O–H groups in total. The second kappa shape index (κ2) is 4.25. The van der Waals surface area contributed by atoms with Gasteiger partial charge >= 0.3 is 12.1 Å². The number of halogens is 3. The van der Waals surface area contributed by atoms with Gasteiger partial charge < -0.3 is 5.11 Å². The van der Waals surface area contributed by atoms with E-state index in [2.05, 4.69) is 5.10 Å². The molecule has 0 unspecified atom stereocenters. The number of hydrogen-bond acceptors (Lipinski definition) is 2. The Morgan fingerprint density at radius 3 is 2.42 bits per heavy atom. The maximum atomic E-state index is 13.0. The van der Waals surface area contributed by atoms with Gasteiger partial charge in [-0.3, -0.25) is 0 Å². The first-order valence-corrected chi connectivity index (χ1v) is 5.54. The highest BCUT2D eigenvalue weighted by atomic mass is 19.4. The summed E-state index contributed by atoms with van der Waals surface area (Å²) in [6, 6.07) is 3.64. The van der Waals surface area contributed by atoms with E-state index in [-0.39, 0.29) is 11.4 Å². The van der Waals surface area contributed by atoms with Crippen molar-refractivity contribution in [3.63, 3.8) is 0 Å². The minimum Gasteiger partial charge on any atom is -0.476 e. The van der Waals surface area contributed by atoms with E-state index in [0.717, 1.165) is 12.1 Å². The Morgan fingerprint density at radius 2 is 1.95 bits per heavy atom. The van der Waals surface area contributed by atoms with Crippen molar-refractivity contribution in [1.29, 1.82) is 0 Å². The Balaban J connectivity index is 2.79. The second-order valence-electron chi connectivity index (χ2n) is 4.50. The zero-order valence-corrected chi connectivity index (χ0v) is 10.2. The van der Waals surface area contributed by atoms with Gasteiger partial charge in [0, 0.05) is 0 Å². The smallest absolute Gasteiger partial charge is 0.433 e. The Labute approximate surface area is 106 Å². The van der Waals surface area contributed by atoms with Crippen molar-refractivity contribution in [1.82, 2.24) is 9.61 Å². The lowest BCUT2D eigenvalue weighted by molar-refractivity contribution is -0.142. The lowest BCUT2D eigenvalue weighted by Gasteiger charge is -2.13. The van der Waals surface area contributed by atoms with Crippen molar-refractivity contribution in [2.24, 2.45) is 0 Å². The van der Waals surface area contributed by atoms with Gasteiger partial charge in [0.25, 0.3) is 0 Å². The first-order chi connectivity index (χ1) is 8.70. The van der Waals surface area contributed by atoms with Gasteiger partial charge in [0.15, 0.2) is 5.69 Å². The van der Waals surface area contributed by atoms with Crippen LogP contribution in [0.3, 0.4) is 0 Å². The Bertz CT molecular complexity index is 644. The van der Waals surface area contributed by atoms with E-state index in [4.69, 9.17) is 5.11 Å².